The Bertz CT molecular complexity index is 204. The molecular weight excluding hydrogens is 136 g/mol. The van der Waals surface area contributed by atoms with E-state index in [1.54, 1.807) is 0 Å². The average molecular weight is 152 g/mol. The van der Waals surface area contributed by atoms with Gasteiger partial charge in [-0.25, -0.2) is 0 Å². The predicted molar refractivity (Wildman–Crippen MR) is 44.1 cm³/mol. The highest BCUT2D eigenvalue weighted by atomic mass is 15.2. The molecule has 1 heterocycles. The average Bonchev–Trinajstić information content (AvgIpc) is 2.68. The van der Waals surface area contributed by atoms with E-state index in [1.807, 2.05) is 0 Å². The van der Waals surface area contributed by atoms with Crippen LogP contribution < -0.4 is 11.1 Å². The van der Waals surface area contributed by atoms with Crippen molar-refractivity contribution in [2.75, 3.05) is 6.54 Å². The first-order chi connectivity index (χ1) is 5.30. The molecule has 0 bridgehead atoms. The minimum absolute atomic E-state index is 0.787. The van der Waals surface area contributed by atoms with Gasteiger partial charge >= 0.3 is 0 Å². The van der Waals surface area contributed by atoms with E-state index in [4.69, 9.17) is 5.73 Å². The van der Waals surface area contributed by atoms with Crippen molar-refractivity contribution in [2.45, 2.75) is 31.8 Å². The van der Waals surface area contributed by atoms with Crippen molar-refractivity contribution < 1.29 is 0 Å². The lowest BCUT2D eigenvalue weighted by Gasteiger charge is -2.25. The maximum absolute atomic E-state index is 5.52. The van der Waals surface area contributed by atoms with Gasteiger partial charge in [-0.1, -0.05) is 6.92 Å². The molecule has 11 heavy (non-hydrogen) atoms. The minimum atomic E-state index is 0.787. The lowest BCUT2D eigenvalue weighted by Crippen LogP contribution is -2.45. The molecule has 2 aliphatic carbocycles. The molecule has 2 nitrogen and oxygen atoms in total. The van der Waals surface area contributed by atoms with Crippen molar-refractivity contribution in [1.82, 2.24) is 5.32 Å². The summed E-state index contributed by atoms with van der Waals surface area (Å²) in [6.45, 7) is 3.24. The van der Waals surface area contributed by atoms with Crippen molar-refractivity contribution in [3.63, 3.8) is 0 Å². The van der Waals surface area contributed by atoms with Crippen LogP contribution in [-0.2, 0) is 0 Å². The summed E-state index contributed by atoms with van der Waals surface area (Å²) >= 11 is 0. The van der Waals surface area contributed by atoms with Crippen LogP contribution in [0.3, 0.4) is 0 Å². The predicted octanol–water partition coefficient (Wildman–Crippen LogP) is 0.332. The second-order valence-electron chi connectivity index (χ2n) is 4.57. The number of nitrogens with one attached hydrogen (secondary N) is 1. The molecule has 0 aromatic heterocycles. The van der Waals surface area contributed by atoms with Crippen LogP contribution in [0.1, 0.15) is 19.8 Å². The van der Waals surface area contributed by atoms with Crippen molar-refractivity contribution >= 4 is 0 Å². The Hall–Kier alpha value is -0.0800. The molecule has 2 saturated carbocycles. The van der Waals surface area contributed by atoms with E-state index in [0.29, 0.717) is 0 Å². The summed E-state index contributed by atoms with van der Waals surface area (Å²) in [6.07, 6.45) is 2.67. The monoisotopic (exact) mass is 152 g/mol. The maximum Gasteiger partial charge on any atom is 0.0182 e. The SMILES string of the molecule is CC1CC12C1NC(CCN)C12. The van der Waals surface area contributed by atoms with Crippen LogP contribution >= 0.6 is 0 Å². The summed E-state index contributed by atoms with van der Waals surface area (Å²) in [5.41, 5.74) is 6.31. The Balaban J connectivity index is 1.66. The van der Waals surface area contributed by atoms with E-state index in [1.165, 1.54) is 12.8 Å². The standard InChI is InChI=1S/C9H16N2/c1-5-4-9(5)7-6(2-3-10)11-8(7)9/h5-8,11H,2-4,10H2,1H3. The Morgan fingerprint density at radius 3 is 2.82 bits per heavy atom. The molecule has 1 aliphatic heterocycles. The van der Waals surface area contributed by atoms with Gasteiger partial charge in [0.1, 0.15) is 0 Å². The second-order valence-corrected chi connectivity index (χ2v) is 4.57. The Kier molecular flexibility index (Phi) is 0.961. The molecule has 3 N–H and O–H groups in total. The molecule has 0 radical (unpaired) electrons. The van der Waals surface area contributed by atoms with Crippen LogP contribution in [-0.4, -0.2) is 18.6 Å². The number of rotatable bonds is 2. The van der Waals surface area contributed by atoms with Crippen LogP contribution in [0.5, 0.6) is 0 Å². The van der Waals surface area contributed by atoms with E-state index in [0.717, 1.165) is 35.9 Å². The third kappa shape index (κ3) is 0.541. The van der Waals surface area contributed by atoms with Gasteiger partial charge in [0.25, 0.3) is 0 Å². The first-order valence-corrected chi connectivity index (χ1v) is 4.77. The summed E-state index contributed by atoms with van der Waals surface area (Å²) in [6, 6.07) is 1.70. The van der Waals surface area contributed by atoms with Gasteiger partial charge in [-0.05, 0) is 36.6 Å². The minimum Gasteiger partial charge on any atom is -0.330 e. The largest absolute Gasteiger partial charge is 0.330 e. The molecule has 1 spiro atoms. The van der Waals surface area contributed by atoms with Crippen molar-refractivity contribution in [3.05, 3.63) is 0 Å². The van der Waals surface area contributed by atoms with Crippen molar-refractivity contribution in [1.29, 1.82) is 0 Å². The fourth-order valence-corrected chi connectivity index (χ4v) is 3.38. The van der Waals surface area contributed by atoms with Crippen LogP contribution in [0.4, 0.5) is 0 Å². The second kappa shape index (κ2) is 1.64. The molecule has 2 heteroatoms. The summed E-state index contributed by atoms with van der Waals surface area (Å²) in [5.74, 6) is 2.04. The van der Waals surface area contributed by atoms with Crippen molar-refractivity contribution in [2.24, 2.45) is 23.0 Å². The summed E-state index contributed by atoms with van der Waals surface area (Å²) in [4.78, 5) is 0. The summed E-state index contributed by atoms with van der Waals surface area (Å²) in [7, 11) is 0. The molecule has 0 amide bonds. The van der Waals surface area contributed by atoms with Gasteiger partial charge in [0.15, 0.2) is 0 Å². The number of hydrogen-bond acceptors (Lipinski definition) is 2. The molecule has 62 valence electrons. The van der Waals surface area contributed by atoms with Gasteiger partial charge < -0.3 is 11.1 Å². The van der Waals surface area contributed by atoms with Gasteiger partial charge in [0, 0.05) is 12.1 Å². The quantitative estimate of drug-likeness (QED) is 0.598. The van der Waals surface area contributed by atoms with Gasteiger partial charge in [0.2, 0.25) is 0 Å². The first-order valence-electron chi connectivity index (χ1n) is 4.77. The third-order valence-corrected chi connectivity index (χ3v) is 4.17. The van der Waals surface area contributed by atoms with E-state index >= 15 is 0 Å². The fraction of sp³-hybridized carbons (Fsp3) is 1.00. The molecular formula is C9H16N2. The zero-order valence-corrected chi connectivity index (χ0v) is 7.01. The summed E-state index contributed by atoms with van der Waals surface area (Å²) in [5, 5.41) is 3.62. The third-order valence-electron chi connectivity index (χ3n) is 4.17. The zero-order valence-electron chi connectivity index (χ0n) is 7.01. The number of fused-ring (bicyclic) bond motifs is 3. The Labute approximate surface area is 67.5 Å². The topological polar surface area (TPSA) is 38.0 Å². The van der Waals surface area contributed by atoms with Gasteiger partial charge in [-0.2, -0.15) is 0 Å². The van der Waals surface area contributed by atoms with E-state index in [2.05, 4.69) is 12.2 Å². The molecule has 3 rings (SSSR count). The maximum atomic E-state index is 5.52. The smallest absolute Gasteiger partial charge is 0.0182 e. The molecule has 1 saturated heterocycles. The lowest BCUT2D eigenvalue weighted by atomic mass is 10.0. The van der Waals surface area contributed by atoms with E-state index in [-0.39, 0.29) is 0 Å². The Morgan fingerprint density at radius 2 is 2.36 bits per heavy atom. The fourth-order valence-electron chi connectivity index (χ4n) is 3.38. The van der Waals surface area contributed by atoms with Crippen LogP contribution in [0.15, 0.2) is 0 Å². The normalized spacial score (nSPS) is 63.8. The molecule has 5 atom stereocenters. The highest BCUT2D eigenvalue weighted by Crippen LogP contribution is 2.79. The van der Waals surface area contributed by atoms with Crippen LogP contribution in [0.2, 0.25) is 0 Å². The highest BCUT2D eigenvalue weighted by molar-refractivity contribution is 5.35. The highest BCUT2D eigenvalue weighted by Gasteiger charge is 2.82. The molecule has 5 unspecified atom stereocenters. The lowest BCUT2D eigenvalue weighted by molar-refractivity contribution is 0.336. The zero-order chi connectivity index (χ0) is 7.64. The molecule has 3 aliphatic rings. The van der Waals surface area contributed by atoms with Crippen molar-refractivity contribution in [3.8, 4) is 0 Å². The molecule has 0 aromatic rings. The van der Waals surface area contributed by atoms with Gasteiger partial charge in [-0.15, -0.1) is 0 Å². The summed E-state index contributed by atoms with van der Waals surface area (Å²) < 4.78 is 0. The first kappa shape index (κ1) is 6.44. The van der Waals surface area contributed by atoms with Gasteiger partial charge in [-0.3, -0.25) is 0 Å². The van der Waals surface area contributed by atoms with E-state index in [9.17, 15) is 0 Å². The molecule has 3 fully saturated rings. The number of nitrogens with two attached hydrogens (primary N) is 1. The number of hydrogen-bond donors (Lipinski definition) is 2. The Morgan fingerprint density at radius 1 is 1.64 bits per heavy atom. The van der Waals surface area contributed by atoms with E-state index < -0.39 is 0 Å². The molecule has 0 aromatic carbocycles. The van der Waals surface area contributed by atoms with Crippen LogP contribution in [0.25, 0.3) is 0 Å². The van der Waals surface area contributed by atoms with Gasteiger partial charge in [0.05, 0.1) is 0 Å². The van der Waals surface area contributed by atoms with Crippen LogP contribution in [0, 0.1) is 17.3 Å².